The van der Waals surface area contributed by atoms with Crippen LogP contribution in [-0.2, 0) is 14.9 Å². The minimum absolute atomic E-state index is 0.236. The number of carbonyl (C=O) groups is 1. The average Bonchev–Trinajstić information content (AvgIpc) is 2.25. The molecule has 1 rings (SSSR count). The van der Waals surface area contributed by atoms with Crippen LogP contribution in [0, 0.1) is 13.8 Å². The topological polar surface area (TPSA) is 52.3 Å². The largest absolute Gasteiger partial charge is 0.469 e. The van der Waals surface area contributed by atoms with Gasteiger partial charge < -0.3 is 10.5 Å². The zero-order chi connectivity index (χ0) is 14.8. The maximum atomic E-state index is 11.7. The highest BCUT2D eigenvalue weighted by atomic mass is 16.5. The predicted molar refractivity (Wildman–Crippen MR) is 78.2 cm³/mol. The third kappa shape index (κ3) is 3.35. The van der Waals surface area contributed by atoms with Gasteiger partial charge in [0.25, 0.3) is 0 Å². The number of methoxy groups -OCH3 is 1. The van der Waals surface area contributed by atoms with Crippen molar-refractivity contribution in [3.63, 3.8) is 0 Å². The number of aryl methyl sites for hydroxylation is 2. The van der Waals surface area contributed by atoms with Crippen LogP contribution in [0.15, 0.2) is 18.2 Å². The van der Waals surface area contributed by atoms with Crippen LogP contribution < -0.4 is 5.73 Å². The summed E-state index contributed by atoms with van der Waals surface area (Å²) in [5.41, 5.74) is 8.79. The van der Waals surface area contributed by atoms with Gasteiger partial charge in [-0.1, -0.05) is 36.2 Å². The van der Waals surface area contributed by atoms with Crippen molar-refractivity contribution in [3.05, 3.63) is 34.9 Å². The number of rotatable bonds is 4. The molecule has 0 aliphatic carbocycles. The van der Waals surface area contributed by atoms with Crippen LogP contribution in [0.3, 0.4) is 0 Å². The molecule has 106 valence electrons. The molecular weight excluding hydrogens is 238 g/mol. The lowest BCUT2D eigenvalue weighted by atomic mass is 9.66. The van der Waals surface area contributed by atoms with Crippen LogP contribution in [-0.4, -0.2) is 18.6 Å². The molecule has 0 saturated carbocycles. The summed E-state index contributed by atoms with van der Waals surface area (Å²) in [6.45, 7) is 10.0. The molecular formula is C16H25NO2. The fourth-order valence-corrected chi connectivity index (χ4v) is 2.36. The molecule has 19 heavy (non-hydrogen) atoms. The summed E-state index contributed by atoms with van der Waals surface area (Å²) in [5.74, 6) is -0.236. The Bertz CT molecular complexity index is 454. The molecule has 0 bridgehead atoms. The second-order valence-electron chi connectivity index (χ2n) is 6.18. The van der Waals surface area contributed by atoms with E-state index < -0.39 is 11.0 Å². The van der Waals surface area contributed by atoms with E-state index in [2.05, 4.69) is 32.0 Å². The molecule has 0 aliphatic rings. The van der Waals surface area contributed by atoms with Crippen molar-refractivity contribution in [1.82, 2.24) is 0 Å². The second kappa shape index (κ2) is 5.33. The van der Waals surface area contributed by atoms with Crippen molar-refractivity contribution < 1.29 is 9.53 Å². The third-order valence-corrected chi connectivity index (χ3v) is 4.01. The minimum Gasteiger partial charge on any atom is -0.469 e. The van der Waals surface area contributed by atoms with Gasteiger partial charge in [-0.2, -0.15) is 0 Å². The summed E-state index contributed by atoms with van der Waals surface area (Å²) in [5, 5.41) is 0. The van der Waals surface area contributed by atoms with Crippen molar-refractivity contribution >= 4 is 5.97 Å². The molecule has 1 unspecified atom stereocenters. The minimum atomic E-state index is -0.526. The smallest absolute Gasteiger partial charge is 0.306 e. The van der Waals surface area contributed by atoms with E-state index in [1.165, 1.54) is 18.2 Å². The van der Waals surface area contributed by atoms with E-state index in [1.807, 2.05) is 20.8 Å². The molecule has 0 fully saturated rings. The van der Waals surface area contributed by atoms with Gasteiger partial charge in [0, 0.05) is 11.0 Å². The first-order chi connectivity index (χ1) is 8.60. The van der Waals surface area contributed by atoms with Crippen LogP contribution >= 0.6 is 0 Å². The number of carbonyl (C=O) groups excluding carboxylic acids is 1. The monoisotopic (exact) mass is 263 g/mol. The van der Waals surface area contributed by atoms with Gasteiger partial charge in [-0.25, -0.2) is 0 Å². The summed E-state index contributed by atoms with van der Waals surface area (Å²) in [6.07, 6.45) is 0.274. The Balaban J connectivity index is 3.35. The highest BCUT2D eigenvalue weighted by Gasteiger charge is 2.42. The number of benzene rings is 1. The molecule has 0 radical (unpaired) electrons. The van der Waals surface area contributed by atoms with Gasteiger partial charge in [0.1, 0.15) is 0 Å². The lowest BCUT2D eigenvalue weighted by molar-refractivity contribution is -0.142. The van der Waals surface area contributed by atoms with Gasteiger partial charge in [0.15, 0.2) is 0 Å². The van der Waals surface area contributed by atoms with E-state index >= 15 is 0 Å². The van der Waals surface area contributed by atoms with Gasteiger partial charge in [0.2, 0.25) is 0 Å². The molecule has 0 aliphatic heterocycles. The van der Waals surface area contributed by atoms with Crippen LogP contribution in [0.2, 0.25) is 0 Å². The van der Waals surface area contributed by atoms with Crippen LogP contribution in [0.25, 0.3) is 0 Å². The summed E-state index contributed by atoms with van der Waals surface area (Å²) in [7, 11) is 1.41. The molecule has 3 heteroatoms. The summed E-state index contributed by atoms with van der Waals surface area (Å²) < 4.78 is 4.83. The first kappa shape index (κ1) is 15.7. The number of ether oxygens (including phenoxy) is 1. The SMILES string of the molecule is COC(=O)CC(C)(c1cc(C)cc(C)c1)C(C)(C)N. The predicted octanol–water partition coefficient (Wildman–Crippen LogP) is 2.86. The number of esters is 1. The molecule has 3 nitrogen and oxygen atoms in total. The van der Waals surface area contributed by atoms with E-state index in [4.69, 9.17) is 10.5 Å². The molecule has 0 heterocycles. The molecule has 1 aromatic carbocycles. The van der Waals surface area contributed by atoms with Gasteiger partial charge in [-0.05, 0) is 33.3 Å². The Labute approximate surface area is 116 Å². The van der Waals surface area contributed by atoms with Crippen LogP contribution in [0.1, 0.15) is 43.9 Å². The standard InChI is InChI=1S/C16H25NO2/c1-11-7-12(2)9-13(8-11)16(5,15(3,4)17)10-14(18)19-6/h7-9H,10,17H2,1-6H3. The van der Waals surface area contributed by atoms with Gasteiger partial charge in [-0.3, -0.25) is 4.79 Å². The molecule has 1 aromatic rings. The van der Waals surface area contributed by atoms with Gasteiger partial charge in [0.05, 0.1) is 13.5 Å². The Morgan fingerprint density at radius 3 is 2.00 bits per heavy atom. The van der Waals surface area contributed by atoms with Crippen LogP contribution in [0.4, 0.5) is 0 Å². The Morgan fingerprint density at radius 1 is 1.16 bits per heavy atom. The number of hydrogen-bond acceptors (Lipinski definition) is 3. The highest BCUT2D eigenvalue weighted by molar-refractivity contribution is 5.71. The van der Waals surface area contributed by atoms with Crippen LogP contribution in [0.5, 0.6) is 0 Å². The Kier molecular flexibility index (Phi) is 4.41. The summed E-state index contributed by atoms with van der Waals surface area (Å²) in [4.78, 5) is 11.7. The maximum absolute atomic E-state index is 11.7. The number of hydrogen-bond donors (Lipinski definition) is 1. The van der Waals surface area contributed by atoms with Gasteiger partial charge >= 0.3 is 5.97 Å². The summed E-state index contributed by atoms with van der Waals surface area (Å²) >= 11 is 0. The fraction of sp³-hybridized carbons (Fsp3) is 0.562. The molecule has 2 N–H and O–H groups in total. The zero-order valence-corrected chi connectivity index (χ0v) is 12.8. The maximum Gasteiger partial charge on any atom is 0.306 e. The summed E-state index contributed by atoms with van der Waals surface area (Å²) in [6, 6.07) is 6.32. The van der Waals surface area contributed by atoms with E-state index in [0.29, 0.717) is 0 Å². The Morgan fingerprint density at radius 2 is 1.63 bits per heavy atom. The molecule has 0 aromatic heterocycles. The van der Waals surface area contributed by atoms with E-state index in [0.717, 1.165) is 5.56 Å². The molecule has 0 amide bonds. The quantitative estimate of drug-likeness (QED) is 0.850. The molecule has 0 spiro atoms. The second-order valence-corrected chi connectivity index (χ2v) is 6.18. The van der Waals surface area contributed by atoms with Crippen molar-refractivity contribution in [2.45, 2.75) is 52.0 Å². The third-order valence-electron chi connectivity index (χ3n) is 4.01. The van der Waals surface area contributed by atoms with Gasteiger partial charge in [-0.15, -0.1) is 0 Å². The van der Waals surface area contributed by atoms with Crippen molar-refractivity contribution in [3.8, 4) is 0 Å². The number of nitrogens with two attached hydrogens (primary N) is 1. The first-order valence-corrected chi connectivity index (χ1v) is 6.54. The average molecular weight is 263 g/mol. The van der Waals surface area contributed by atoms with Crippen molar-refractivity contribution in [1.29, 1.82) is 0 Å². The normalized spacial score (nSPS) is 14.9. The first-order valence-electron chi connectivity index (χ1n) is 6.54. The fourth-order valence-electron chi connectivity index (χ4n) is 2.36. The van der Waals surface area contributed by atoms with E-state index in [-0.39, 0.29) is 12.4 Å². The molecule has 0 saturated heterocycles. The zero-order valence-electron chi connectivity index (χ0n) is 12.8. The van der Waals surface area contributed by atoms with Crippen molar-refractivity contribution in [2.75, 3.05) is 7.11 Å². The lowest BCUT2D eigenvalue weighted by Crippen LogP contribution is -2.53. The van der Waals surface area contributed by atoms with E-state index in [1.54, 1.807) is 0 Å². The van der Waals surface area contributed by atoms with E-state index in [9.17, 15) is 4.79 Å². The van der Waals surface area contributed by atoms with Crippen molar-refractivity contribution in [2.24, 2.45) is 5.73 Å². The lowest BCUT2D eigenvalue weighted by Gasteiger charge is -2.42. The highest BCUT2D eigenvalue weighted by Crippen LogP contribution is 2.38. The Hall–Kier alpha value is -1.35. The molecule has 1 atom stereocenters.